The second kappa shape index (κ2) is 4.81. The summed E-state index contributed by atoms with van der Waals surface area (Å²) in [6, 6.07) is 0. The zero-order valence-electron chi connectivity index (χ0n) is 7.74. The van der Waals surface area contributed by atoms with Crippen LogP contribution in [0.15, 0.2) is 0 Å². The third-order valence-corrected chi connectivity index (χ3v) is 1.50. The van der Waals surface area contributed by atoms with E-state index in [0.29, 0.717) is 0 Å². The van der Waals surface area contributed by atoms with Gasteiger partial charge in [0.1, 0.15) is 0 Å². The maximum absolute atomic E-state index is 10.6. The normalized spacial score (nSPS) is 11.2. The Bertz CT molecular complexity index is 197. The lowest BCUT2D eigenvalue weighted by atomic mass is 9.95. The Morgan fingerprint density at radius 2 is 1.85 bits per heavy atom. The van der Waals surface area contributed by atoms with Crippen LogP contribution < -0.4 is 0 Å². The van der Waals surface area contributed by atoms with Crippen molar-refractivity contribution < 1.29 is 24.5 Å². The highest BCUT2D eigenvalue weighted by Crippen LogP contribution is 2.15. The molecule has 0 saturated heterocycles. The fraction of sp³-hybridized carbons (Fsp3) is 0.750. The summed E-state index contributed by atoms with van der Waals surface area (Å²) in [6.07, 6.45) is -0.101. The highest BCUT2D eigenvalue weighted by molar-refractivity contribution is 5.73. The van der Waals surface area contributed by atoms with Crippen molar-refractivity contribution in [3.63, 3.8) is 0 Å². The average Bonchev–Trinajstić information content (AvgIpc) is 1.97. The molecule has 0 aliphatic carbocycles. The Morgan fingerprint density at radius 3 is 2.23 bits per heavy atom. The van der Waals surface area contributed by atoms with Gasteiger partial charge in [-0.1, -0.05) is 0 Å². The molecule has 0 amide bonds. The van der Waals surface area contributed by atoms with Gasteiger partial charge in [0.05, 0.1) is 25.0 Å². The molecule has 0 unspecified atom stereocenters. The summed E-state index contributed by atoms with van der Waals surface area (Å²) in [7, 11) is 0. The van der Waals surface area contributed by atoms with Crippen LogP contribution in [0.25, 0.3) is 0 Å². The molecule has 0 radical (unpaired) electrons. The van der Waals surface area contributed by atoms with Crippen molar-refractivity contribution in [3.05, 3.63) is 0 Å². The van der Waals surface area contributed by atoms with Crippen molar-refractivity contribution in [2.24, 2.45) is 5.41 Å². The van der Waals surface area contributed by atoms with Crippen molar-refractivity contribution in [3.8, 4) is 0 Å². The molecule has 0 bridgehead atoms. The zero-order chi connectivity index (χ0) is 10.5. The summed E-state index contributed by atoms with van der Waals surface area (Å²) in [5, 5.41) is 16.9. The quantitative estimate of drug-likeness (QED) is 0.599. The van der Waals surface area contributed by atoms with E-state index in [1.807, 2.05) is 0 Å². The monoisotopic (exact) mass is 190 g/mol. The van der Waals surface area contributed by atoms with Gasteiger partial charge in [-0.2, -0.15) is 0 Å². The molecule has 0 atom stereocenters. The molecule has 0 aromatic carbocycles. The number of ether oxygens (including phenoxy) is 1. The standard InChI is InChI=1S/C8H14O5/c1-8(2,7(11)12)5-13-4-3-6(9)10/h3-5H2,1-2H3,(H,9,10)(H,11,12). The van der Waals surface area contributed by atoms with Gasteiger partial charge < -0.3 is 14.9 Å². The van der Waals surface area contributed by atoms with Crippen LogP contribution >= 0.6 is 0 Å². The van der Waals surface area contributed by atoms with Gasteiger partial charge in [0, 0.05) is 0 Å². The first-order valence-electron chi connectivity index (χ1n) is 3.89. The Balaban J connectivity index is 3.64. The van der Waals surface area contributed by atoms with E-state index in [-0.39, 0.29) is 19.6 Å². The van der Waals surface area contributed by atoms with Crippen LogP contribution in [0.1, 0.15) is 20.3 Å². The van der Waals surface area contributed by atoms with E-state index in [9.17, 15) is 9.59 Å². The first-order valence-corrected chi connectivity index (χ1v) is 3.89. The SMILES string of the molecule is CC(C)(COCCC(=O)O)C(=O)O. The van der Waals surface area contributed by atoms with Gasteiger partial charge in [-0.15, -0.1) is 0 Å². The first-order chi connectivity index (χ1) is 5.86. The smallest absolute Gasteiger partial charge is 0.311 e. The minimum Gasteiger partial charge on any atom is -0.481 e. The molecule has 0 spiro atoms. The molecule has 0 aliphatic heterocycles. The highest BCUT2D eigenvalue weighted by atomic mass is 16.5. The molecule has 2 N–H and O–H groups in total. The Labute approximate surface area is 76.3 Å². The summed E-state index contributed by atoms with van der Waals surface area (Å²) < 4.78 is 4.91. The second-order valence-corrected chi connectivity index (χ2v) is 3.39. The molecule has 5 nitrogen and oxygen atoms in total. The van der Waals surface area contributed by atoms with Crippen LogP contribution in [0.3, 0.4) is 0 Å². The van der Waals surface area contributed by atoms with Crippen LogP contribution in [-0.2, 0) is 14.3 Å². The molecule has 0 saturated carbocycles. The van der Waals surface area contributed by atoms with Crippen LogP contribution in [0.5, 0.6) is 0 Å². The molecular weight excluding hydrogens is 176 g/mol. The Hall–Kier alpha value is -1.10. The fourth-order valence-electron chi connectivity index (χ4n) is 0.549. The predicted octanol–water partition coefficient (Wildman–Crippen LogP) is 0.589. The maximum atomic E-state index is 10.6. The molecular formula is C8H14O5. The molecule has 5 heteroatoms. The molecule has 0 fully saturated rings. The molecule has 0 aromatic rings. The lowest BCUT2D eigenvalue weighted by Crippen LogP contribution is -2.29. The number of rotatable bonds is 6. The largest absolute Gasteiger partial charge is 0.481 e. The molecule has 0 aromatic heterocycles. The lowest BCUT2D eigenvalue weighted by molar-refractivity contribution is -0.150. The summed E-state index contributed by atoms with van der Waals surface area (Å²) in [4.78, 5) is 20.6. The van der Waals surface area contributed by atoms with Crippen molar-refractivity contribution in [2.75, 3.05) is 13.2 Å². The minimum atomic E-state index is -0.960. The molecule has 0 heterocycles. The van der Waals surface area contributed by atoms with Gasteiger partial charge in [-0.3, -0.25) is 9.59 Å². The van der Waals surface area contributed by atoms with Gasteiger partial charge in [0.15, 0.2) is 0 Å². The predicted molar refractivity (Wildman–Crippen MR) is 44.5 cm³/mol. The number of hydrogen-bond acceptors (Lipinski definition) is 3. The number of hydrogen-bond donors (Lipinski definition) is 2. The molecule has 13 heavy (non-hydrogen) atoms. The van der Waals surface area contributed by atoms with E-state index in [1.165, 1.54) is 13.8 Å². The lowest BCUT2D eigenvalue weighted by Gasteiger charge is -2.18. The van der Waals surface area contributed by atoms with Crippen LogP contribution in [-0.4, -0.2) is 35.4 Å². The van der Waals surface area contributed by atoms with Crippen LogP contribution in [0.2, 0.25) is 0 Å². The van der Waals surface area contributed by atoms with E-state index in [2.05, 4.69) is 0 Å². The van der Waals surface area contributed by atoms with Gasteiger partial charge in [-0.25, -0.2) is 0 Å². The molecule has 0 rings (SSSR count). The second-order valence-electron chi connectivity index (χ2n) is 3.39. The van der Waals surface area contributed by atoms with Gasteiger partial charge in [0.25, 0.3) is 0 Å². The maximum Gasteiger partial charge on any atom is 0.311 e. The summed E-state index contributed by atoms with van der Waals surface area (Å²) in [6.45, 7) is 3.12. The third kappa shape index (κ3) is 5.19. The topological polar surface area (TPSA) is 83.8 Å². The van der Waals surface area contributed by atoms with Gasteiger partial charge >= 0.3 is 11.9 Å². The average molecular weight is 190 g/mol. The summed E-state index contributed by atoms with van der Waals surface area (Å²) >= 11 is 0. The summed E-state index contributed by atoms with van der Waals surface area (Å²) in [5.41, 5.74) is -0.960. The minimum absolute atomic E-state index is 0.0234. The summed E-state index contributed by atoms with van der Waals surface area (Å²) in [5.74, 6) is -1.91. The van der Waals surface area contributed by atoms with Gasteiger partial charge in [-0.05, 0) is 13.8 Å². The third-order valence-electron chi connectivity index (χ3n) is 1.50. The van der Waals surface area contributed by atoms with E-state index >= 15 is 0 Å². The van der Waals surface area contributed by atoms with Crippen molar-refractivity contribution in [2.45, 2.75) is 20.3 Å². The van der Waals surface area contributed by atoms with Crippen LogP contribution in [0, 0.1) is 5.41 Å². The zero-order valence-corrected chi connectivity index (χ0v) is 7.74. The van der Waals surface area contributed by atoms with Crippen molar-refractivity contribution in [1.29, 1.82) is 0 Å². The number of aliphatic carboxylic acids is 2. The number of carboxylic acid groups (broad SMARTS) is 2. The van der Waals surface area contributed by atoms with E-state index in [0.717, 1.165) is 0 Å². The van der Waals surface area contributed by atoms with E-state index < -0.39 is 17.4 Å². The number of carbonyl (C=O) groups is 2. The first kappa shape index (κ1) is 11.9. The Kier molecular flexibility index (Phi) is 4.40. The van der Waals surface area contributed by atoms with Crippen molar-refractivity contribution in [1.82, 2.24) is 0 Å². The van der Waals surface area contributed by atoms with E-state index in [4.69, 9.17) is 14.9 Å². The molecule has 0 aliphatic rings. The Morgan fingerprint density at radius 1 is 1.31 bits per heavy atom. The van der Waals surface area contributed by atoms with E-state index in [1.54, 1.807) is 0 Å². The van der Waals surface area contributed by atoms with Crippen LogP contribution in [0.4, 0.5) is 0 Å². The molecule has 76 valence electrons. The highest BCUT2D eigenvalue weighted by Gasteiger charge is 2.27. The number of carboxylic acids is 2. The van der Waals surface area contributed by atoms with Crippen molar-refractivity contribution >= 4 is 11.9 Å². The fourth-order valence-corrected chi connectivity index (χ4v) is 0.549. The van der Waals surface area contributed by atoms with Gasteiger partial charge in [0.2, 0.25) is 0 Å².